The van der Waals surface area contributed by atoms with Crippen molar-refractivity contribution in [2.45, 2.75) is 6.61 Å². The van der Waals surface area contributed by atoms with E-state index in [1.807, 2.05) is 54.6 Å². The predicted octanol–water partition coefficient (Wildman–Crippen LogP) is 4.85. The van der Waals surface area contributed by atoms with Gasteiger partial charge in [0.05, 0.1) is 11.9 Å². The van der Waals surface area contributed by atoms with Gasteiger partial charge < -0.3 is 4.74 Å². The van der Waals surface area contributed by atoms with Crippen LogP contribution in [0.15, 0.2) is 84.0 Å². The van der Waals surface area contributed by atoms with Crippen molar-refractivity contribution in [1.82, 2.24) is 0 Å². The third kappa shape index (κ3) is 4.20. The van der Waals surface area contributed by atoms with Crippen molar-refractivity contribution in [3.05, 3.63) is 95.8 Å². The number of rotatable bonds is 6. The van der Waals surface area contributed by atoms with Gasteiger partial charge in [-0.05, 0) is 30.3 Å². The van der Waals surface area contributed by atoms with Crippen LogP contribution in [0.5, 0.6) is 5.75 Å². The lowest BCUT2D eigenvalue weighted by molar-refractivity contribution is 0.299. The van der Waals surface area contributed by atoms with Crippen molar-refractivity contribution in [1.29, 1.82) is 0 Å². The van der Waals surface area contributed by atoms with Gasteiger partial charge in [0.2, 0.25) is 0 Å². The zero-order chi connectivity index (χ0) is 16.6. The van der Waals surface area contributed by atoms with Crippen LogP contribution >= 0.6 is 0 Å². The molecule has 24 heavy (non-hydrogen) atoms. The molecule has 0 aliphatic carbocycles. The van der Waals surface area contributed by atoms with E-state index in [1.165, 1.54) is 6.07 Å². The molecular formula is C20H17FN2O. The van der Waals surface area contributed by atoms with Crippen LogP contribution in [0, 0.1) is 5.82 Å². The van der Waals surface area contributed by atoms with Crippen molar-refractivity contribution in [2.75, 3.05) is 5.43 Å². The highest BCUT2D eigenvalue weighted by atomic mass is 19.1. The van der Waals surface area contributed by atoms with Crippen molar-refractivity contribution >= 4 is 11.9 Å². The van der Waals surface area contributed by atoms with Gasteiger partial charge in [-0.3, -0.25) is 5.43 Å². The molecule has 0 bridgehead atoms. The van der Waals surface area contributed by atoms with E-state index in [0.717, 1.165) is 11.3 Å². The van der Waals surface area contributed by atoms with E-state index in [0.29, 0.717) is 11.3 Å². The maximum absolute atomic E-state index is 13.7. The Morgan fingerprint density at radius 2 is 1.58 bits per heavy atom. The van der Waals surface area contributed by atoms with E-state index in [1.54, 1.807) is 24.4 Å². The Morgan fingerprint density at radius 3 is 2.42 bits per heavy atom. The maximum Gasteiger partial charge on any atom is 0.129 e. The molecule has 120 valence electrons. The minimum Gasteiger partial charge on any atom is -0.488 e. The lowest BCUT2D eigenvalue weighted by Crippen LogP contribution is -2.01. The number of halogens is 1. The Hall–Kier alpha value is -3.14. The number of hydrogen-bond acceptors (Lipinski definition) is 3. The zero-order valence-electron chi connectivity index (χ0n) is 13.0. The van der Waals surface area contributed by atoms with Gasteiger partial charge in [-0.2, -0.15) is 5.10 Å². The molecule has 0 fully saturated rings. The summed E-state index contributed by atoms with van der Waals surface area (Å²) in [6, 6.07) is 23.8. The molecule has 3 aromatic carbocycles. The number of hydrazone groups is 1. The van der Waals surface area contributed by atoms with Crippen LogP contribution in [0.1, 0.15) is 11.1 Å². The summed E-state index contributed by atoms with van der Waals surface area (Å²) in [5.74, 6) is 0.383. The van der Waals surface area contributed by atoms with Gasteiger partial charge in [0.25, 0.3) is 0 Å². The summed E-state index contributed by atoms with van der Waals surface area (Å²) in [5, 5.41) is 4.22. The Balaban J connectivity index is 1.68. The Morgan fingerprint density at radius 1 is 0.875 bits per heavy atom. The lowest BCUT2D eigenvalue weighted by Gasteiger charge is -2.09. The van der Waals surface area contributed by atoms with Gasteiger partial charge in [0.15, 0.2) is 0 Å². The van der Waals surface area contributed by atoms with Crippen molar-refractivity contribution in [3.63, 3.8) is 0 Å². The Bertz CT molecular complexity index is 819. The van der Waals surface area contributed by atoms with Crippen molar-refractivity contribution < 1.29 is 9.13 Å². The second kappa shape index (κ2) is 7.92. The third-order valence-electron chi connectivity index (χ3n) is 3.43. The lowest BCUT2D eigenvalue weighted by atomic mass is 10.2. The molecule has 0 saturated heterocycles. The van der Waals surface area contributed by atoms with Gasteiger partial charge >= 0.3 is 0 Å². The number of anilines is 1. The molecule has 0 spiro atoms. The van der Waals surface area contributed by atoms with E-state index in [2.05, 4.69) is 10.5 Å². The quantitative estimate of drug-likeness (QED) is 0.520. The number of ether oxygens (including phenoxy) is 1. The first kappa shape index (κ1) is 15.7. The molecule has 0 aliphatic heterocycles. The molecule has 3 aromatic rings. The minimum atomic E-state index is -0.269. The van der Waals surface area contributed by atoms with Gasteiger partial charge in [-0.1, -0.05) is 48.5 Å². The predicted molar refractivity (Wildman–Crippen MR) is 94.8 cm³/mol. The van der Waals surface area contributed by atoms with Gasteiger partial charge in [-0.15, -0.1) is 0 Å². The highest BCUT2D eigenvalue weighted by Crippen LogP contribution is 2.18. The van der Waals surface area contributed by atoms with E-state index in [9.17, 15) is 4.39 Å². The molecule has 3 nitrogen and oxygen atoms in total. The fourth-order valence-corrected chi connectivity index (χ4v) is 2.18. The highest BCUT2D eigenvalue weighted by molar-refractivity contribution is 5.83. The third-order valence-corrected chi connectivity index (χ3v) is 3.43. The van der Waals surface area contributed by atoms with Crippen LogP contribution in [-0.4, -0.2) is 6.21 Å². The van der Waals surface area contributed by atoms with Crippen LogP contribution in [0.3, 0.4) is 0 Å². The fraction of sp³-hybridized carbons (Fsp3) is 0.0500. The molecule has 0 aromatic heterocycles. The molecule has 4 heteroatoms. The first-order valence-corrected chi connectivity index (χ1v) is 7.62. The maximum atomic E-state index is 13.7. The number of nitrogens with zero attached hydrogens (tertiary/aromatic N) is 1. The fourth-order valence-electron chi connectivity index (χ4n) is 2.18. The van der Waals surface area contributed by atoms with Gasteiger partial charge in [0.1, 0.15) is 18.2 Å². The summed E-state index contributed by atoms with van der Waals surface area (Å²) in [5.41, 5.74) is 5.20. The summed E-state index contributed by atoms with van der Waals surface area (Å²) in [6.45, 7) is 0.170. The van der Waals surface area contributed by atoms with E-state index in [4.69, 9.17) is 4.74 Å². The molecular weight excluding hydrogens is 303 g/mol. The Labute approximate surface area is 140 Å². The van der Waals surface area contributed by atoms with Crippen LogP contribution < -0.4 is 10.2 Å². The molecule has 1 N–H and O–H groups in total. The molecule has 3 rings (SSSR count). The molecule has 0 saturated carbocycles. The summed E-state index contributed by atoms with van der Waals surface area (Å²) in [4.78, 5) is 0. The molecule has 0 aliphatic rings. The summed E-state index contributed by atoms with van der Waals surface area (Å²) in [7, 11) is 0. The average Bonchev–Trinajstić information content (AvgIpc) is 2.63. The first-order chi connectivity index (χ1) is 11.8. The minimum absolute atomic E-state index is 0.170. The van der Waals surface area contributed by atoms with E-state index in [-0.39, 0.29) is 12.4 Å². The topological polar surface area (TPSA) is 33.6 Å². The van der Waals surface area contributed by atoms with Crippen LogP contribution in [-0.2, 0) is 6.61 Å². The summed E-state index contributed by atoms with van der Waals surface area (Å²) >= 11 is 0. The van der Waals surface area contributed by atoms with E-state index < -0.39 is 0 Å². The largest absolute Gasteiger partial charge is 0.488 e. The molecule has 0 amide bonds. The highest BCUT2D eigenvalue weighted by Gasteiger charge is 2.04. The van der Waals surface area contributed by atoms with Gasteiger partial charge in [0, 0.05) is 11.1 Å². The standard InChI is InChI=1S/C20H17FN2O/c21-19-12-6-4-9-17(19)15-24-20-13-7-5-8-16(20)14-22-23-18-10-2-1-3-11-18/h1-14,23H,15H2. The molecule has 0 heterocycles. The van der Waals surface area contributed by atoms with Crippen molar-refractivity contribution in [2.24, 2.45) is 5.10 Å². The first-order valence-electron chi connectivity index (χ1n) is 7.62. The number of benzene rings is 3. The normalized spacial score (nSPS) is 10.7. The Kier molecular flexibility index (Phi) is 5.20. The number of hydrogen-bond donors (Lipinski definition) is 1. The van der Waals surface area contributed by atoms with Crippen LogP contribution in [0.25, 0.3) is 0 Å². The molecule has 0 atom stereocenters. The second-order valence-corrected chi connectivity index (χ2v) is 5.15. The number of para-hydroxylation sites is 2. The molecule has 0 unspecified atom stereocenters. The smallest absolute Gasteiger partial charge is 0.129 e. The summed E-state index contributed by atoms with van der Waals surface area (Å²) < 4.78 is 19.4. The van der Waals surface area contributed by atoms with E-state index >= 15 is 0 Å². The monoisotopic (exact) mass is 320 g/mol. The SMILES string of the molecule is Fc1ccccc1COc1ccccc1C=NNc1ccccc1. The number of nitrogens with one attached hydrogen (secondary N) is 1. The van der Waals surface area contributed by atoms with Crippen molar-refractivity contribution in [3.8, 4) is 5.75 Å². The zero-order valence-corrected chi connectivity index (χ0v) is 13.0. The van der Waals surface area contributed by atoms with Gasteiger partial charge in [-0.25, -0.2) is 4.39 Å². The van der Waals surface area contributed by atoms with Crippen LogP contribution in [0.4, 0.5) is 10.1 Å². The van der Waals surface area contributed by atoms with Crippen LogP contribution in [0.2, 0.25) is 0 Å². The second-order valence-electron chi connectivity index (χ2n) is 5.15. The summed E-state index contributed by atoms with van der Waals surface area (Å²) in [6.07, 6.45) is 1.68. The molecule has 0 radical (unpaired) electrons. The average molecular weight is 320 g/mol.